The molecule has 0 unspecified atom stereocenters. The normalized spacial score (nSPS) is 22.0. The van der Waals surface area contributed by atoms with Gasteiger partial charge < -0.3 is 9.62 Å². The number of halogens is 2. The highest BCUT2D eigenvalue weighted by Gasteiger charge is 2.29. The molecule has 1 aromatic rings. The number of hydrogen-bond acceptors (Lipinski definition) is 4. The van der Waals surface area contributed by atoms with Gasteiger partial charge in [-0.3, -0.25) is 0 Å². The second kappa shape index (κ2) is 5.12. The molecule has 0 amide bonds. The lowest BCUT2D eigenvalue weighted by Gasteiger charge is -2.30. The van der Waals surface area contributed by atoms with Gasteiger partial charge in [0, 0.05) is 17.5 Å². The minimum Gasteiger partial charge on any atom is -0.490 e. The Morgan fingerprint density at radius 2 is 2.39 bits per heavy atom. The van der Waals surface area contributed by atoms with Crippen molar-refractivity contribution < 1.29 is 24.1 Å². The molecule has 6 heteroatoms. The lowest BCUT2D eigenvalue weighted by Crippen LogP contribution is -2.24. The molecule has 1 N–H and O–H groups in total. The lowest BCUT2D eigenvalue weighted by molar-refractivity contribution is -0.234. The van der Waals surface area contributed by atoms with Crippen molar-refractivity contribution in [2.24, 2.45) is 0 Å². The molecule has 0 fully saturated rings. The summed E-state index contributed by atoms with van der Waals surface area (Å²) in [5.74, 6) is -1.10. The molecule has 1 heterocycles. The van der Waals surface area contributed by atoms with Gasteiger partial charge in [0.05, 0.1) is 17.5 Å². The van der Waals surface area contributed by atoms with Crippen molar-refractivity contribution >= 4 is 17.6 Å². The van der Waals surface area contributed by atoms with Crippen molar-refractivity contribution in [1.29, 1.82) is 0 Å². The van der Waals surface area contributed by atoms with Crippen molar-refractivity contribution in [2.75, 3.05) is 0 Å². The highest BCUT2D eigenvalue weighted by atomic mass is 35.5. The highest BCUT2D eigenvalue weighted by molar-refractivity contribution is 6.30. The van der Waals surface area contributed by atoms with Crippen molar-refractivity contribution in [3.05, 3.63) is 28.5 Å². The van der Waals surface area contributed by atoms with E-state index in [-0.39, 0.29) is 23.5 Å². The summed E-state index contributed by atoms with van der Waals surface area (Å²) in [6.07, 6.45) is 0.400. The summed E-state index contributed by atoms with van der Waals surface area (Å²) in [6, 6.07) is 2.66. The second-order valence-corrected chi connectivity index (χ2v) is 4.74. The standard InChI is InChI=1S/C12H12ClFO4/c1-6-2-7(3-12(15)18-16)8-4-10(14)9(13)5-11(8)17-6/h4-7,16H,2-3H2,1H3/t6-,7-/m1/s1. The van der Waals surface area contributed by atoms with Gasteiger partial charge >= 0.3 is 5.97 Å². The van der Waals surface area contributed by atoms with E-state index in [2.05, 4.69) is 4.89 Å². The predicted octanol–water partition coefficient (Wildman–Crippen LogP) is 3.14. The summed E-state index contributed by atoms with van der Waals surface area (Å²) < 4.78 is 19.0. The monoisotopic (exact) mass is 274 g/mol. The summed E-state index contributed by atoms with van der Waals surface area (Å²) in [4.78, 5) is 14.8. The Bertz CT molecular complexity index is 477. The molecule has 1 aromatic carbocycles. The summed E-state index contributed by atoms with van der Waals surface area (Å²) in [5, 5.41) is 8.28. The maximum absolute atomic E-state index is 13.4. The van der Waals surface area contributed by atoms with Crippen LogP contribution in [0.2, 0.25) is 5.02 Å². The third-order valence-corrected chi connectivity index (χ3v) is 3.24. The van der Waals surface area contributed by atoms with Crippen LogP contribution in [0.3, 0.4) is 0 Å². The summed E-state index contributed by atoms with van der Waals surface area (Å²) in [6.45, 7) is 1.84. The number of hydrogen-bond donors (Lipinski definition) is 1. The number of ether oxygens (including phenoxy) is 1. The minimum atomic E-state index is -0.754. The van der Waals surface area contributed by atoms with Crippen LogP contribution < -0.4 is 4.74 Å². The Morgan fingerprint density at radius 3 is 3.06 bits per heavy atom. The number of fused-ring (bicyclic) bond motifs is 1. The van der Waals surface area contributed by atoms with E-state index in [0.29, 0.717) is 17.7 Å². The van der Waals surface area contributed by atoms with Crippen LogP contribution in [-0.2, 0) is 9.68 Å². The first-order valence-electron chi connectivity index (χ1n) is 5.51. The quantitative estimate of drug-likeness (QED) is 0.665. The van der Waals surface area contributed by atoms with E-state index in [1.54, 1.807) is 0 Å². The largest absolute Gasteiger partial charge is 0.490 e. The van der Waals surface area contributed by atoms with Gasteiger partial charge in [0.15, 0.2) is 0 Å². The smallest absolute Gasteiger partial charge is 0.342 e. The van der Waals surface area contributed by atoms with Gasteiger partial charge in [-0.2, -0.15) is 5.26 Å². The SMILES string of the molecule is C[C@@H]1C[C@H](CC(=O)OO)c2cc(F)c(Cl)cc2O1. The Hall–Kier alpha value is -1.33. The van der Waals surface area contributed by atoms with Gasteiger partial charge in [0.1, 0.15) is 11.6 Å². The van der Waals surface area contributed by atoms with Crippen LogP contribution in [0.1, 0.15) is 31.2 Å². The van der Waals surface area contributed by atoms with E-state index in [4.69, 9.17) is 21.6 Å². The molecule has 1 aliphatic heterocycles. The first-order valence-corrected chi connectivity index (χ1v) is 5.89. The fourth-order valence-electron chi connectivity index (χ4n) is 2.19. The molecule has 0 aromatic heterocycles. The van der Waals surface area contributed by atoms with Crippen molar-refractivity contribution in [2.45, 2.75) is 31.8 Å². The van der Waals surface area contributed by atoms with E-state index < -0.39 is 11.8 Å². The van der Waals surface area contributed by atoms with Crippen LogP contribution in [0.5, 0.6) is 5.75 Å². The zero-order chi connectivity index (χ0) is 13.3. The van der Waals surface area contributed by atoms with Crippen molar-refractivity contribution in [3.63, 3.8) is 0 Å². The molecular weight excluding hydrogens is 263 g/mol. The van der Waals surface area contributed by atoms with Crippen LogP contribution >= 0.6 is 11.6 Å². The molecule has 98 valence electrons. The molecular formula is C12H12ClFO4. The molecule has 0 saturated carbocycles. The molecule has 2 rings (SSSR count). The highest BCUT2D eigenvalue weighted by Crippen LogP contribution is 2.40. The topological polar surface area (TPSA) is 55.8 Å². The molecule has 0 radical (unpaired) electrons. The fourth-order valence-corrected chi connectivity index (χ4v) is 2.34. The Morgan fingerprint density at radius 1 is 1.67 bits per heavy atom. The maximum Gasteiger partial charge on any atom is 0.342 e. The lowest BCUT2D eigenvalue weighted by atomic mass is 9.87. The van der Waals surface area contributed by atoms with Gasteiger partial charge in [0.2, 0.25) is 0 Å². The van der Waals surface area contributed by atoms with E-state index in [1.807, 2.05) is 6.92 Å². The number of benzene rings is 1. The molecule has 0 bridgehead atoms. The summed E-state index contributed by atoms with van der Waals surface area (Å²) >= 11 is 5.69. The first kappa shape index (κ1) is 13.1. The van der Waals surface area contributed by atoms with Gasteiger partial charge in [-0.25, -0.2) is 9.18 Å². The summed E-state index contributed by atoms with van der Waals surface area (Å²) in [7, 11) is 0. The van der Waals surface area contributed by atoms with Gasteiger partial charge in [0.25, 0.3) is 0 Å². The molecule has 0 spiro atoms. The molecule has 4 nitrogen and oxygen atoms in total. The van der Waals surface area contributed by atoms with Crippen molar-refractivity contribution in [1.82, 2.24) is 0 Å². The zero-order valence-electron chi connectivity index (χ0n) is 9.65. The molecule has 0 aliphatic carbocycles. The summed E-state index contributed by atoms with van der Waals surface area (Å²) in [5.41, 5.74) is 0.570. The molecule has 0 saturated heterocycles. The van der Waals surface area contributed by atoms with E-state index in [9.17, 15) is 9.18 Å². The predicted molar refractivity (Wildman–Crippen MR) is 62.2 cm³/mol. The van der Waals surface area contributed by atoms with Crippen LogP contribution in [-0.4, -0.2) is 17.3 Å². The van der Waals surface area contributed by atoms with Crippen LogP contribution in [0.15, 0.2) is 12.1 Å². The van der Waals surface area contributed by atoms with Gasteiger partial charge in [-0.1, -0.05) is 11.6 Å². The Balaban J connectivity index is 2.35. The van der Waals surface area contributed by atoms with Gasteiger partial charge in [-0.05, 0) is 19.4 Å². The van der Waals surface area contributed by atoms with Crippen LogP contribution in [0, 0.1) is 5.82 Å². The Labute approximate surface area is 108 Å². The van der Waals surface area contributed by atoms with Crippen LogP contribution in [0.25, 0.3) is 0 Å². The number of carbonyl (C=O) groups excluding carboxylic acids is 1. The number of carbonyl (C=O) groups is 1. The average molecular weight is 275 g/mol. The third-order valence-electron chi connectivity index (χ3n) is 2.95. The first-order chi connectivity index (χ1) is 8.51. The van der Waals surface area contributed by atoms with Gasteiger partial charge in [-0.15, -0.1) is 0 Å². The molecule has 1 aliphatic rings. The molecule has 2 atom stereocenters. The Kier molecular flexibility index (Phi) is 3.73. The minimum absolute atomic E-state index is 0.0219. The molecule has 18 heavy (non-hydrogen) atoms. The number of rotatable bonds is 2. The fraction of sp³-hybridized carbons (Fsp3) is 0.417. The van der Waals surface area contributed by atoms with E-state index in [0.717, 1.165) is 0 Å². The van der Waals surface area contributed by atoms with E-state index in [1.165, 1.54) is 12.1 Å². The third kappa shape index (κ3) is 2.57. The maximum atomic E-state index is 13.4. The van der Waals surface area contributed by atoms with E-state index >= 15 is 0 Å². The van der Waals surface area contributed by atoms with Crippen LogP contribution in [0.4, 0.5) is 4.39 Å². The second-order valence-electron chi connectivity index (χ2n) is 4.33. The zero-order valence-corrected chi connectivity index (χ0v) is 10.4. The van der Waals surface area contributed by atoms with Crippen molar-refractivity contribution in [3.8, 4) is 5.75 Å². The average Bonchev–Trinajstić information content (AvgIpc) is 2.31.